The maximum Gasteiger partial charge on any atom is 0.254 e. The lowest BCUT2D eigenvalue weighted by atomic mass is 10.1. The lowest BCUT2D eigenvalue weighted by Crippen LogP contribution is -2.30. The molecule has 1 aromatic carbocycles. The molecule has 0 spiro atoms. The van der Waals surface area contributed by atoms with E-state index in [-0.39, 0.29) is 30.4 Å². The fourth-order valence-corrected chi connectivity index (χ4v) is 3.15. The molecular formula is C17H22BrClN4O2. The number of likely N-dealkylation sites (tertiary alicyclic amines) is 1. The van der Waals surface area contributed by atoms with Gasteiger partial charge in [0.15, 0.2) is 5.82 Å². The molecule has 1 fully saturated rings. The first-order chi connectivity index (χ1) is 11.6. The van der Waals surface area contributed by atoms with Gasteiger partial charge in [-0.2, -0.15) is 4.98 Å². The van der Waals surface area contributed by atoms with Crippen LogP contribution in [0.4, 0.5) is 0 Å². The maximum absolute atomic E-state index is 12.8. The highest BCUT2D eigenvalue weighted by atomic mass is 79.9. The molecule has 1 aliphatic heterocycles. The minimum atomic E-state index is -0.132. The third-order valence-electron chi connectivity index (χ3n) is 4.36. The Kier molecular flexibility index (Phi) is 6.98. The fourth-order valence-electron chi connectivity index (χ4n) is 2.89. The second-order valence-electron chi connectivity index (χ2n) is 6.11. The van der Waals surface area contributed by atoms with Crippen molar-refractivity contribution in [2.45, 2.75) is 38.3 Å². The summed E-state index contributed by atoms with van der Waals surface area (Å²) in [6.45, 7) is 2.78. The molecule has 25 heavy (non-hydrogen) atoms. The number of carbonyl (C=O) groups is 1. The topological polar surface area (TPSA) is 71.3 Å². The predicted molar refractivity (Wildman–Crippen MR) is 101 cm³/mol. The molecule has 1 N–H and O–H groups in total. The molecule has 8 heteroatoms. The molecule has 0 aliphatic carbocycles. The molecule has 1 aromatic heterocycles. The normalized spacial score (nSPS) is 18.0. The van der Waals surface area contributed by atoms with Crippen LogP contribution >= 0.6 is 28.3 Å². The van der Waals surface area contributed by atoms with Crippen molar-refractivity contribution < 1.29 is 9.32 Å². The maximum atomic E-state index is 12.8. The van der Waals surface area contributed by atoms with Crippen molar-refractivity contribution in [2.24, 2.45) is 0 Å². The number of nitrogens with zero attached hydrogens (tertiary/aromatic N) is 3. The SMILES string of the molecule is CNC(C)Cc1noc(C2CCCN2C(=O)c2ccc(Br)cc2)n1.Cl. The van der Waals surface area contributed by atoms with Crippen LogP contribution in [0, 0.1) is 0 Å². The first-order valence-electron chi connectivity index (χ1n) is 8.14. The van der Waals surface area contributed by atoms with Crippen LogP contribution in [-0.4, -0.2) is 40.6 Å². The van der Waals surface area contributed by atoms with Crippen LogP contribution in [0.2, 0.25) is 0 Å². The summed E-state index contributed by atoms with van der Waals surface area (Å²) in [6, 6.07) is 7.56. The Balaban J connectivity index is 0.00000225. The zero-order chi connectivity index (χ0) is 17.1. The number of amides is 1. The monoisotopic (exact) mass is 428 g/mol. The van der Waals surface area contributed by atoms with Crippen LogP contribution in [0.3, 0.4) is 0 Å². The Hall–Kier alpha value is -1.44. The molecule has 1 aliphatic rings. The summed E-state index contributed by atoms with van der Waals surface area (Å²) in [5, 5.41) is 7.21. The second-order valence-corrected chi connectivity index (χ2v) is 7.02. The average molecular weight is 430 g/mol. The Morgan fingerprint density at radius 1 is 1.44 bits per heavy atom. The Labute approximate surface area is 161 Å². The zero-order valence-corrected chi connectivity index (χ0v) is 16.6. The number of benzene rings is 1. The lowest BCUT2D eigenvalue weighted by molar-refractivity contribution is 0.0710. The van der Waals surface area contributed by atoms with E-state index in [9.17, 15) is 4.79 Å². The van der Waals surface area contributed by atoms with Crippen LogP contribution in [-0.2, 0) is 6.42 Å². The summed E-state index contributed by atoms with van der Waals surface area (Å²) < 4.78 is 6.39. The third kappa shape index (κ3) is 4.59. The molecule has 2 aromatic rings. The van der Waals surface area contributed by atoms with E-state index in [0.717, 1.165) is 17.3 Å². The molecule has 0 saturated carbocycles. The fraction of sp³-hybridized carbons (Fsp3) is 0.471. The summed E-state index contributed by atoms with van der Waals surface area (Å²) in [5.41, 5.74) is 0.675. The van der Waals surface area contributed by atoms with Gasteiger partial charge in [0, 0.05) is 29.0 Å². The summed E-state index contributed by atoms with van der Waals surface area (Å²) in [5.74, 6) is 1.22. The average Bonchev–Trinajstić information content (AvgIpc) is 3.23. The largest absolute Gasteiger partial charge is 0.337 e. The van der Waals surface area contributed by atoms with E-state index in [1.807, 2.05) is 36.2 Å². The molecular weight excluding hydrogens is 408 g/mol. The van der Waals surface area contributed by atoms with Gasteiger partial charge in [-0.15, -0.1) is 12.4 Å². The van der Waals surface area contributed by atoms with Crippen LogP contribution < -0.4 is 5.32 Å². The Morgan fingerprint density at radius 3 is 2.84 bits per heavy atom. The predicted octanol–water partition coefficient (Wildman–Crippen LogP) is 3.38. The molecule has 2 unspecified atom stereocenters. The van der Waals surface area contributed by atoms with Crippen molar-refractivity contribution in [1.82, 2.24) is 20.4 Å². The van der Waals surface area contributed by atoms with Crippen molar-refractivity contribution in [1.29, 1.82) is 0 Å². The minimum absolute atomic E-state index is 0. The van der Waals surface area contributed by atoms with E-state index in [1.54, 1.807) is 0 Å². The molecule has 0 bridgehead atoms. The Bertz CT molecular complexity index is 707. The van der Waals surface area contributed by atoms with Gasteiger partial charge in [0.25, 0.3) is 5.91 Å². The molecule has 1 saturated heterocycles. The smallest absolute Gasteiger partial charge is 0.254 e. The second kappa shape index (κ2) is 8.78. The van der Waals surface area contributed by atoms with Gasteiger partial charge in [-0.1, -0.05) is 21.1 Å². The van der Waals surface area contributed by atoms with Crippen molar-refractivity contribution in [2.75, 3.05) is 13.6 Å². The van der Waals surface area contributed by atoms with Gasteiger partial charge in [0.05, 0.1) is 0 Å². The number of hydrogen-bond acceptors (Lipinski definition) is 5. The molecule has 1 amide bonds. The number of aromatic nitrogens is 2. The molecule has 3 rings (SSSR count). The highest BCUT2D eigenvalue weighted by molar-refractivity contribution is 9.10. The van der Waals surface area contributed by atoms with Gasteiger partial charge in [-0.3, -0.25) is 4.79 Å². The summed E-state index contributed by atoms with van der Waals surface area (Å²) in [6.07, 6.45) is 2.50. The lowest BCUT2D eigenvalue weighted by Gasteiger charge is -2.21. The van der Waals surface area contributed by atoms with Crippen LogP contribution in [0.15, 0.2) is 33.3 Å². The standard InChI is InChI=1S/C17H21BrN4O2.ClH/c1-11(19-2)10-15-20-16(24-21-15)14-4-3-9-22(14)17(23)12-5-7-13(18)8-6-12;/h5-8,11,14,19H,3-4,9-10H2,1-2H3;1H. The first-order valence-corrected chi connectivity index (χ1v) is 8.94. The summed E-state index contributed by atoms with van der Waals surface area (Å²) >= 11 is 3.39. The van der Waals surface area contributed by atoms with Gasteiger partial charge in [-0.25, -0.2) is 0 Å². The Morgan fingerprint density at radius 2 is 2.16 bits per heavy atom. The highest BCUT2D eigenvalue weighted by Gasteiger charge is 2.34. The van der Waals surface area contributed by atoms with Gasteiger partial charge in [0.1, 0.15) is 6.04 Å². The number of likely N-dealkylation sites (N-methyl/N-ethyl adjacent to an activating group) is 1. The van der Waals surface area contributed by atoms with Crippen molar-refractivity contribution in [3.63, 3.8) is 0 Å². The zero-order valence-electron chi connectivity index (χ0n) is 14.2. The van der Waals surface area contributed by atoms with E-state index in [0.29, 0.717) is 30.2 Å². The van der Waals surface area contributed by atoms with Gasteiger partial charge in [0.2, 0.25) is 5.89 Å². The molecule has 6 nitrogen and oxygen atoms in total. The van der Waals surface area contributed by atoms with E-state index >= 15 is 0 Å². The van der Waals surface area contributed by atoms with Crippen molar-refractivity contribution >= 4 is 34.2 Å². The van der Waals surface area contributed by atoms with E-state index in [4.69, 9.17) is 4.52 Å². The number of rotatable bonds is 5. The van der Waals surface area contributed by atoms with Gasteiger partial charge >= 0.3 is 0 Å². The van der Waals surface area contributed by atoms with E-state index in [2.05, 4.69) is 38.3 Å². The number of nitrogens with one attached hydrogen (secondary N) is 1. The van der Waals surface area contributed by atoms with Crippen LogP contribution in [0.1, 0.15) is 47.9 Å². The first kappa shape index (κ1) is 19.9. The van der Waals surface area contributed by atoms with Crippen molar-refractivity contribution in [3.05, 3.63) is 46.0 Å². The molecule has 2 heterocycles. The van der Waals surface area contributed by atoms with E-state index < -0.39 is 0 Å². The summed E-state index contributed by atoms with van der Waals surface area (Å²) in [7, 11) is 1.90. The molecule has 136 valence electrons. The number of hydrogen-bond donors (Lipinski definition) is 1. The van der Waals surface area contributed by atoms with Gasteiger partial charge < -0.3 is 14.7 Å². The number of carbonyl (C=O) groups excluding carboxylic acids is 1. The third-order valence-corrected chi connectivity index (χ3v) is 4.88. The molecule has 2 atom stereocenters. The van der Waals surface area contributed by atoms with E-state index in [1.165, 1.54) is 0 Å². The highest BCUT2D eigenvalue weighted by Crippen LogP contribution is 2.32. The minimum Gasteiger partial charge on any atom is -0.337 e. The quantitative estimate of drug-likeness (QED) is 0.789. The number of halogens is 2. The van der Waals surface area contributed by atoms with Gasteiger partial charge in [-0.05, 0) is 51.1 Å². The molecule has 0 radical (unpaired) electrons. The summed E-state index contributed by atoms with van der Waals surface area (Å²) in [4.78, 5) is 19.1. The van der Waals surface area contributed by atoms with Crippen molar-refractivity contribution in [3.8, 4) is 0 Å². The van der Waals surface area contributed by atoms with Crippen LogP contribution in [0.5, 0.6) is 0 Å². The van der Waals surface area contributed by atoms with Crippen LogP contribution in [0.25, 0.3) is 0 Å².